The molecule has 6 amide bonds. The smallest absolute Gasteiger partial charge is 0.408 e. The summed E-state index contributed by atoms with van der Waals surface area (Å²) in [6.07, 6.45) is 7.06. The Kier molecular flexibility index (Phi) is 22.9. The summed E-state index contributed by atoms with van der Waals surface area (Å²) in [5.74, 6) is -3.95. The zero-order valence-corrected chi connectivity index (χ0v) is 47.7. The second-order valence-electron chi connectivity index (χ2n) is 23.9. The molecule has 19 nitrogen and oxygen atoms in total. The van der Waals surface area contributed by atoms with E-state index in [2.05, 4.69) is 97.4 Å². The van der Waals surface area contributed by atoms with E-state index in [-0.39, 0.29) is 65.6 Å². The van der Waals surface area contributed by atoms with Crippen LogP contribution in [-0.2, 0) is 33.6 Å². The third-order valence-corrected chi connectivity index (χ3v) is 14.1. The van der Waals surface area contributed by atoms with Crippen LogP contribution in [0.3, 0.4) is 0 Å². The maximum absolute atomic E-state index is 13.5. The Hall–Kier alpha value is -5.63. The Labute approximate surface area is 451 Å². The molecular formula is C57H90N8O11. The van der Waals surface area contributed by atoms with Crippen LogP contribution in [0.4, 0.5) is 4.79 Å². The van der Waals surface area contributed by atoms with Crippen molar-refractivity contribution < 1.29 is 53.1 Å². The van der Waals surface area contributed by atoms with Crippen molar-refractivity contribution in [3.05, 3.63) is 70.8 Å². The first-order valence-electron chi connectivity index (χ1n) is 27.2. The Balaban J connectivity index is 1.24. The number of ether oxygens (including phenoxy) is 1. The molecule has 2 fully saturated rings. The molecule has 0 saturated carbocycles. The van der Waals surface area contributed by atoms with Crippen LogP contribution in [-0.4, -0.2) is 123 Å². The van der Waals surface area contributed by atoms with Gasteiger partial charge in [-0.15, -0.1) is 0 Å². The van der Waals surface area contributed by atoms with Crippen molar-refractivity contribution in [1.82, 2.24) is 42.0 Å². The molecule has 0 aromatic heterocycles. The first-order chi connectivity index (χ1) is 35.4. The molecule has 0 spiro atoms. The Morgan fingerprint density at radius 2 is 0.921 bits per heavy atom. The van der Waals surface area contributed by atoms with Crippen LogP contribution >= 0.6 is 0 Å². The summed E-state index contributed by atoms with van der Waals surface area (Å²) in [5, 5.41) is 29.2. The van der Waals surface area contributed by atoms with E-state index in [1.165, 1.54) is 0 Å². The SMILES string of the molecule is CC(ON1C(C)(C)CCCC1(C)C)c1ccc(C(=O)NCCCC[C@H](NC(=O)CNC(=O)[C@H](CCCCNC(=O)c2ccc(C(C)ON3C(C)(C)CCCC3(C)C)cc2)NC(=O)OC(C)(C)C)C(=O)NCC(=O)O)cc1. The maximum atomic E-state index is 13.5. The molecule has 424 valence electrons. The van der Waals surface area contributed by atoms with E-state index >= 15 is 0 Å². The van der Waals surface area contributed by atoms with Gasteiger partial charge in [0.05, 0.1) is 6.54 Å². The molecule has 2 aromatic carbocycles. The Morgan fingerprint density at radius 3 is 1.29 bits per heavy atom. The van der Waals surface area contributed by atoms with Gasteiger partial charge in [-0.1, -0.05) is 24.3 Å². The molecule has 2 saturated heterocycles. The minimum atomic E-state index is -1.27. The van der Waals surface area contributed by atoms with Crippen molar-refractivity contribution in [2.24, 2.45) is 0 Å². The van der Waals surface area contributed by atoms with Gasteiger partial charge in [0.1, 0.15) is 36.4 Å². The van der Waals surface area contributed by atoms with Gasteiger partial charge >= 0.3 is 12.1 Å². The highest BCUT2D eigenvalue weighted by Crippen LogP contribution is 2.42. The Bertz CT molecular complexity index is 2240. The number of alkyl carbamates (subject to hydrolysis) is 1. The third kappa shape index (κ3) is 19.7. The minimum Gasteiger partial charge on any atom is -0.480 e. The number of amides is 6. The first-order valence-corrected chi connectivity index (χ1v) is 27.2. The molecule has 0 radical (unpaired) electrons. The number of carboxylic acid groups (broad SMARTS) is 1. The Morgan fingerprint density at radius 1 is 0.553 bits per heavy atom. The highest BCUT2D eigenvalue weighted by atomic mass is 16.7. The number of hydrogen-bond donors (Lipinski definition) is 7. The van der Waals surface area contributed by atoms with Crippen molar-refractivity contribution in [3.63, 3.8) is 0 Å². The predicted molar refractivity (Wildman–Crippen MR) is 291 cm³/mol. The summed E-state index contributed by atoms with van der Waals surface area (Å²) in [6.45, 7) is 25.9. The monoisotopic (exact) mass is 1060 g/mol. The molecule has 19 heteroatoms. The zero-order chi connectivity index (χ0) is 56.6. The molecule has 2 heterocycles. The van der Waals surface area contributed by atoms with Gasteiger partial charge in [-0.3, -0.25) is 38.4 Å². The lowest BCUT2D eigenvalue weighted by Crippen LogP contribution is -2.58. The number of carboxylic acids is 1. The van der Waals surface area contributed by atoms with Crippen LogP contribution < -0.4 is 31.9 Å². The van der Waals surface area contributed by atoms with E-state index in [0.717, 1.165) is 49.7 Å². The lowest BCUT2D eigenvalue weighted by molar-refractivity contribution is -0.304. The number of hydrogen-bond acceptors (Lipinski definition) is 12. The van der Waals surface area contributed by atoms with E-state index in [1.54, 1.807) is 45.0 Å². The van der Waals surface area contributed by atoms with Crippen LogP contribution in [0.25, 0.3) is 0 Å². The van der Waals surface area contributed by atoms with Crippen molar-refractivity contribution in [1.29, 1.82) is 0 Å². The number of nitrogens with one attached hydrogen (secondary N) is 6. The topological polar surface area (TPSA) is 246 Å². The third-order valence-electron chi connectivity index (χ3n) is 14.1. The van der Waals surface area contributed by atoms with E-state index in [4.69, 9.17) is 14.4 Å². The summed E-state index contributed by atoms with van der Waals surface area (Å²) >= 11 is 0. The van der Waals surface area contributed by atoms with Crippen LogP contribution in [0.2, 0.25) is 0 Å². The van der Waals surface area contributed by atoms with Crippen LogP contribution in [0, 0.1) is 0 Å². The van der Waals surface area contributed by atoms with Crippen molar-refractivity contribution in [2.75, 3.05) is 26.2 Å². The molecule has 2 aromatic rings. The molecule has 2 aliphatic heterocycles. The summed E-state index contributed by atoms with van der Waals surface area (Å²) < 4.78 is 5.39. The number of aliphatic carboxylic acids is 1. The van der Waals surface area contributed by atoms with Gasteiger partial charge in [0.25, 0.3) is 11.8 Å². The second-order valence-corrected chi connectivity index (χ2v) is 23.9. The number of unbranched alkanes of at least 4 members (excludes halogenated alkanes) is 2. The summed E-state index contributed by atoms with van der Waals surface area (Å²) in [5.41, 5.74) is 1.53. The number of rotatable bonds is 26. The predicted octanol–water partition coefficient (Wildman–Crippen LogP) is 7.95. The van der Waals surface area contributed by atoms with E-state index < -0.39 is 60.6 Å². The quantitative estimate of drug-likeness (QED) is 0.0443. The van der Waals surface area contributed by atoms with Gasteiger partial charge in [-0.2, -0.15) is 10.1 Å². The number of carbonyl (C=O) groups excluding carboxylic acids is 6. The molecular weight excluding hydrogens is 973 g/mol. The van der Waals surface area contributed by atoms with E-state index in [9.17, 15) is 38.7 Å². The molecule has 7 N–H and O–H groups in total. The molecule has 4 rings (SSSR count). The molecule has 0 aliphatic carbocycles. The van der Waals surface area contributed by atoms with Gasteiger partial charge in [0.15, 0.2) is 0 Å². The lowest BCUT2D eigenvalue weighted by atomic mass is 9.82. The van der Waals surface area contributed by atoms with Gasteiger partial charge in [-0.05, 0) is 202 Å². The van der Waals surface area contributed by atoms with Gasteiger partial charge in [0.2, 0.25) is 17.7 Å². The number of benzene rings is 2. The average Bonchev–Trinajstić information content (AvgIpc) is 3.32. The largest absolute Gasteiger partial charge is 0.480 e. The number of nitrogens with zero attached hydrogens (tertiary/aromatic N) is 2. The average molecular weight is 1060 g/mol. The first kappa shape index (κ1) is 62.9. The summed E-state index contributed by atoms with van der Waals surface area (Å²) in [4.78, 5) is 103. The molecule has 4 atom stereocenters. The van der Waals surface area contributed by atoms with Crippen molar-refractivity contribution in [3.8, 4) is 0 Å². The maximum Gasteiger partial charge on any atom is 0.408 e. The fourth-order valence-corrected chi connectivity index (χ4v) is 10.1. The second kappa shape index (κ2) is 27.6. The number of hydroxylamine groups is 4. The fourth-order valence-electron chi connectivity index (χ4n) is 10.1. The molecule has 2 unspecified atom stereocenters. The summed E-state index contributed by atoms with van der Waals surface area (Å²) in [7, 11) is 0. The van der Waals surface area contributed by atoms with Crippen molar-refractivity contribution >= 4 is 41.6 Å². The molecule has 2 aliphatic rings. The highest BCUT2D eigenvalue weighted by Gasteiger charge is 2.44. The van der Waals surface area contributed by atoms with Crippen molar-refractivity contribution in [2.45, 2.75) is 219 Å². The zero-order valence-electron chi connectivity index (χ0n) is 47.7. The normalized spacial score (nSPS) is 18.6. The lowest BCUT2D eigenvalue weighted by Gasteiger charge is -2.52. The van der Waals surface area contributed by atoms with E-state index in [0.29, 0.717) is 43.4 Å². The van der Waals surface area contributed by atoms with Crippen LogP contribution in [0.15, 0.2) is 48.5 Å². The minimum absolute atomic E-state index is 0.104. The number of piperidine rings is 2. The van der Waals surface area contributed by atoms with Crippen LogP contribution in [0.5, 0.6) is 0 Å². The van der Waals surface area contributed by atoms with Gasteiger partial charge < -0.3 is 41.7 Å². The van der Waals surface area contributed by atoms with Gasteiger partial charge in [-0.25, -0.2) is 4.79 Å². The van der Waals surface area contributed by atoms with Crippen LogP contribution in [0.1, 0.15) is 211 Å². The molecule has 76 heavy (non-hydrogen) atoms. The fraction of sp³-hybridized carbons (Fsp3) is 0.667. The highest BCUT2D eigenvalue weighted by molar-refractivity contribution is 5.95. The molecule has 0 bridgehead atoms. The van der Waals surface area contributed by atoms with E-state index in [1.807, 2.05) is 38.1 Å². The summed E-state index contributed by atoms with van der Waals surface area (Å²) in [6, 6.07) is 12.3. The standard InChI is InChI=1S/C57H90N8O11/c1-38(75-64-54(6,7)30-18-31-55(64,8)9)40-22-26-42(27-23-40)48(69)58-34-16-14-20-44(50(71)61-37-47(67)68)62-46(66)36-60-51(72)45(63-52(73)74-53(3,4)5)21-15-17-35-59-49(70)43-28-24-41(25-29-43)39(2)76-65-56(10,11)32-19-33-57(65,12)13/h22-29,38-39,44-45H,14-21,30-37H2,1-13H3,(H,58,69)(H,59,70)(H,60,72)(H,61,71)(H,62,66)(H,63,73)(H,67,68)/t38?,39?,44-,45-/m0/s1. The number of carbonyl (C=O) groups is 7. The van der Waals surface area contributed by atoms with Gasteiger partial charge in [0, 0.05) is 46.4 Å².